The average Bonchev–Trinajstić information content (AvgIpc) is 2.54. The molecule has 0 aromatic heterocycles. The van der Waals surface area contributed by atoms with Gasteiger partial charge < -0.3 is 9.84 Å². The van der Waals surface area contributed by atoms with Gasteiger partial charge in [-0.2, -0.15) is 0 Å². The normalized spacial score (nSPS) is 21.2. The molecule has 0 amide bonds. The summed E-state index contributed by atoms with van der Waals surface area (Å²) in [6, 6.07) is 3.29. The topological polar surface area (TPSA) is 46.5 Å². The summed E-state index contributed by atoms with van der Waals surface area (Å²) in [5, 5.41) is 10.3. The number of hydrogen-bond donors (Lipinski definition) is 1. The monoisotopic (exact) mass is 338 g/mol. The summed E-state index contributed by atoms with van der Waals surface area (Å²) in [4.78, 5) is 12.5. The fourth-order valence-corrected chi connectivity index (χ4v) is 3.76. The number of benzene rings is 1. The van der Waals surface area contributed by atoms with Crippen molar-refractivity contribution in [1.29, 1.82) is 0 Å². The first-order valence-electron chi connectivity index (χ1n) is 8.74. The summed E-state index contributed by atoms with van der Waals surface area (Å²) in [6.45, 7) is 4.54. The largest absolute Gasteiger partial charge is 0.505 e. The molecule has 2 rings (SSSR count). The van der Waals surface area contributed by atoms with E-state index in [4.69, 9.17) is 16.3 Å². The van der Waals surface area contributed by atoms with E-state index in [0.717, 1.165) is 18.8 Å². The highest BCUT2D eigenvalue weighted by Crippen LogP contribution is 2.38. The summed E-state index contributed by atoms with van der Waals surface area (Å²) in [5.41, 5.74) is 0.314. The van der Waals surface area contributed by atoms with Gasteiger partial charge in [0.1, 0.15) is 16.5 Å². The Kier molecular flexibility index (Phi) is 6.76. The quantitative estimate of drug-likeness (QED) is 0.656. The van der Waals surface area contributed by atoms with Crippen LogP contribution in [0.4, 0.5) is 0 Å². The Balaban J connectivity index is 1.98. The van der Waals surface area contributed by atoms with Crippen LogP contribution in [-0.2, 0) is 0 Å². The molecule has 3 nitrogen and oxygen atoms in total. The van der Waals surface area contributed by atoms with Crippen molar-refractivity contribution in [1.82, 2.24) is 0 Å². The molecule has 0 aliphatic heterocycles. The lowest BCUT2D eigenvalue weighted by atomic mass is 9.78. The van der Waals surface area contributed by atoms with E-state index in [9.17, 15) is 9.90 Å². The molecule has 0 saturated heterocycles. The summed E-state index contributed by atoms with van der Waals surface area (Å²) < 4.78 is 5.33. The minimum absolute atomic E-state index is 0.0219. The van der Waals surface area contributed by atoms with Crippen LogP contribution >= 0.6 is 11.6 Å². The lowest BCUT2D eigenvalue weighted by Gasteiger charge is -2.28. The number of phenols is 1. The Morgan fingerprint density at radius 3 is 2.48 bits per heavy atom. The van der Waals surface area contributed by atoms with Gasteiger partial charge in [0.2, 0.25) is 0 Å². The van der Waals surface area contributed by atoms with Gasteiger partial charge in [-0.05, 0) is 43.7 Å². The van der Waals surface area contributed by atoms with E-state index in [-0.39, 0.29) is 16.6 Å². The molecule has 4 heteroatoms. The molecule has 0 unspecified atom stereocenters. The predicted octanol–water partition coefficient (Wildman–Crippen LogP) is 5.62. The van der Waals surface area contributed by atoms with Crippen molar-refractivity contribution in [2.75, 3.05) is 6.61 Å². The van der Waals surface area contributed by atoms with Crippen molar-refractivity contribution in [3.8, 4) is 11.5 Å². The van der Waals surface area contributed by atoms with Crippen molar-refractivity contribution in [2.24, 2.45) is 11.8 Å². The summed E-state index contributed by atoms with van der Waals surface area (Å²) in [7, 11) is 0. The third kappa shape index (κ3) is 4.63. The highest BCUT2D eigenvalue weighted by Gasteiger charge is 2.25. The molecule has 1 aromatic carbocycles. The molecule has 0 atom stereocenters. The molecule has 0 bridgehead atoms. The Hall–Kier alpha value is -1.22. The molecule has 23 heavy (non-hydrogen) atoms. The molecule has 0 radical (unpaired) electrons. The van der Waals surface area contributed by atoms with E-state index < -0.39 is 0 Å². The van der Waals surface area contributed by atoms with Crippen LogP contribution in [0, 0.1) is 11.8 Å². The van der Waals surface area contributed by atoms with Crippen molar-refractivity contribution < 1.29 is 14.6 Å². The Bertz CT molecular complexity index is 534. The van der Waals surface area contributed by atoms with E-state index in [1.54, 1.807) is 12.1 Å². The molecule has 1 aliphatic carbocycles. The van der Waals surface area contributed by atoms with E-state index in [2.05, 4.69) is 6.92 Å². The minimum atomic E-state index is -0.151. The second-order valence-corrected chi connectivity index (χ2v) is 6.89. The third-order valence-electron chi connectivity index (χ3n) is 4.82. The number of hydrogen-bond acceptors (Lipinski definition) is 3. The first-order valence-corrected chi connectivity index (χ1v) is 9.12. The number of carbonyl (C=O) groups is 1. The van der Waals surface area contributed by atoms with Crippen molar-refractivity contribution in [2.45, 2.75) is 58.8 Å². The molecule has 1 saturated carbocycles. The maximum Gasteiger partial charge on any atom is 0.166 e. The van der Waals surface area contributed by atoms with Crippen LogP contribution < -0.4 is 4.74 Å². The Labute approximate surface area is 144 Å². The van der Waals surface area contributed by atoms with Crippen molar-refractivity contribution in [3.05, 3.63) is 22.7 Å². The Morgan fingerprint density at radius 2 is 1.87 bits per heavy atom. The molecule has 0 heterocycles. The van der Waals surface area contributed by atoms with Crippen LogP contribution in [0.3, 0.4) is 0 Å². The van der Waals surface area contributed by atoms with E-state index >= 15 is 0 Å². The van der Waals surface area contributed by atoms with Crippen molar-refractivity contribution >= 4 is 17.4 Å². The van der Waals surface area contributed by atoms with E-state index in [1.165, 1.54) is 25.7 Å². The van der Waals surface area contributed by atoms with Gasteiger partial charge in [0.15, 0.2) is 5.78 Å². The highest BCUT2D eigenvalue weighted by atomic mass is 35.5. The number of phenolic OH excluding ortho intramolecular Hbond substituents is 1. The van der Waals surface area contributed by atoms with Crippen LogP contribution in [0.15, 0.2) is 12.1 Å². The number of carbonyl (C=O) groups excluding carboxylic acids is 1. The van der Waals surface area contributed by atoms with Crippen LogP contribution in [0.1, 0.15) is 69.2 Å². The van der Waals surface area contributed by atoms with Gasteiger partial charge in [-0.1, -0.05) is 44.2 Å². The van der Waals surface area contributed by atoms with Gasteiger partial charge in [0, 0.05) is 6.42 Å². The van der Waals surface area contributed by atoms with Crippen LogP contribution in [0.5, 0.6) is 11.5 Å². The zero-order chi connectivity index (χ0) is 16.8. The average molecular weight is 339 g/mol. The maximum absolute atomic E-state index is 12.5. The standard InChI is InChI=1S/C19H27ClO3/c1-3-5-13-6-8-14(9-7-13)12-16(21)15-10-11-17(23-4-2)18(20)19(15)22/h10-11,13-14,22H,3-9,12H2,1-2H3. The van der Waals surface area contributed by atoms with Crippen LogP contribution in [-0.4, -0.2) is 17.5 Å². The lowest BCUT2D eigenvalue weighted by molar-refractivity contribution is 0.0939. The minimum Gasteiger partial charge on any atom is -0.505 e. The second kappa shape index (κ2) is 8.58. The van der Waals surface area contributed by atoms with Crippen LogP contribution in [0.25, 0.3) is 0 Å². The van der Waals surface area contributed by atoms with E-state index in [1.807, 2.05) is 6.92 Å². The first-order chi connectivity index (χ1) is 11.1. The number of halogens is 1. The number of rotatable bonds is 7. The molecule has 1 N–H and O–H groups in total. The van der Waals surface area contributed by atoms with Gasteiger partial charge in [-0.15, -0.1) is 0 Å². The summed E-state index contributed by atoms with van der Waals surface area (Å²) >= 11 is 6.09. The summed E-state index contributed by atoms with van der Waals surface area (Å²) in [5.74, 6) is 1.51. The second-order valence-electron chi connectivity index (χ2n) is 6.51. The van der Waals surface area contributed by atoms with Crippen LogP contribution in [0.2, 0.25) is 5.02 Å². The van der Waals surface area contributed by atoms with Gasteiger partial charge in [-0.25, -0.2) is 0 Å². The highest BCUT2D eigenvalue weighted by molar-refractivity contribution is 6.34. The molecule has 128 valence electrons. The fraction of sp³-hybridized carbons (Fsp3) is 0.632. The zero-order valence-corrected chi connectivity index (χ0v) is 14.9. The molecule has 1 fully saturated rings. The molecular formula is C19H27ClO3. The van der Waals surface area contributed by atoms with Gasteiger partial charge in [0.05, 0.1) is 12.2 Å². The Morgan fingerprint density at radius 1 is 1.22 bits per heavy atom. The smallest absolute Gasteiger partial charge is 0.166 e. The third-order valence-corrected chi connectivity index (χ3v) is 5.18. The van der Waals surface area contributed by atoms with Gasteiger partial charge in [-0.3, -0.25) is 4.79 Å². The SMILES string of the molecule is CCCC1CCC(CC(=O)c2ccc(OCC)c(Cl)c2O)CC1. The van der Waals surface area contributed by atoms with Crippen molar-refractivity contribution in [3.63, 3.8) is 0 Å². The molecule has 0 spiro atoms. The summed E-state index contributed by atoms with van der Waals surface area (Å²) in [6.07, 6.45) is 7.72. The number of aromatic hydroxyl groups is 1. The lowest BCUT2D eigenvalue weighted by Crippen LogP contribution is -2.17. The molecule has 1 aromatic rings. The number of Topliss-reactive ketones (excluding diaryl/α,β-unsaturated/α-hetero) is 1. The maximum atomic E-state index is 12.5. The van der Waals surface area contributed by atoms with Gasteiger partial charge >= 0.3 is 0 Å². The fourth-order valence-electron chi connectivity index (χ4n) is 3.54. The van der Waals surface area contributed by atoms with Gasteiger partial charge in [0.25, 0.3) is 0 Å². The zero-order valence-electron chi connectivity index (χ0n) is 14.1. The molecule has 1 aliphatic rings. The van der Waals surface area contributed by atoms with E-state index in [0.29, 0.717) is 30.3 Å². The predicted molar refractivity (Wildman–Crippen MR) is 93.6 cm³/mol. The molecular weight excluding hydrogens is 312 g/mol. The first kappa shape index (κ1) is 18.1. The number of ether oxygens (including phenoxy) is 1. The number of ketones is 1.